The summed E-state index contributed by atoms with van der Waals surface area (Å²) in [6.45, 7) is 0.125. The number of alkyl halides is 6. The first-order chi connectivity index (χ1) is 13.1. The summed E-state index contributed by atoms with van der Waals surface area (Å²) in [7, 11) is 0. The zero-order valence-electron chi connectivity index (χ0n) is 13.9. The molecule has 0 amide bonds. The van der Waals surface area contributed by atoms with Crippen LogP contribution in [0.15, 0.2) is 54.6 Å². The van der Waals surface area contributed by atoms with Gasteiger partial charge in [0, 0.05) is 23.9 Å². The van der Waals surface area contributed by atoms with E-state index in [1.807, 2.05) is 0 Å². The van der Waals surface area contributed by atoms with Gasteiger partial charge >= 0.3 is 12.4 Å². The smallest absolute Gasteiger partial charge is 0.381 e. The highest BCUT2D eigenvalue weighted by molar-refractivity contribution is 5.49. The molecule has 0 aliphatic heterocycles. The zero-order chi connectivity index (χ0) is 20.5. The van der Waals surface area contributed by atoms with Gasteiger partial charge in [0.25, 0.3) is 0 Å². The summed E-state index contributed by atoms with van der Waals surface area (Å²) in [5.74, 6) is -0.419. The average Bonchev–Trinajstić information content (AvgIpc) is 3.08. The van der Waals surface area contributed by atoms with E-state index in [-0.39, 0.29) is 23.0 Å². The molecule has 148 valence electrons. The molecule has 0 aliphatic rings. The normalized spacial score (nSPS) is 12.2. The van der Waals surface area contributed by atoms with E-state index in [9.17, 15) is 30.7 Å². The van der Waals surface area contributed by atoms with Crippen molar-refractivity contribution in [3.8, 4) is 5.69 Å². The lowest BCUT2D eigenvalue weighted by Crippen LogP contribution is -2.13. The van der Waals surface area contributed by atoms with Crippen molar-refractivity contribution >= 4 is 5.69 Å². The van der Waals surface area contributed by atoms with E-state index in [1.165, 1.54) is 36.4 Å². The Morgan fingerprint density at radius 2 is 1.50 bits per heavy atom. The van der Waals surface area contributed by atoms with Gasteiger partial charge in [0.05, 0.1) is 5.69 Å². The second kappa shape index (κ2) is 7.17. The van der Waals surface area contributed by atoms with Crippen molar-refractivity contribution in [3.63, 3.8) is 0 Å². The van der Waals surface area contributed by atoms with Crippen molar-refractivity contribution < 1.29 is 30.7 Å². The molecule has 1 N–H and O–H groups in total. The Hall–Kier alpha value is -3.04. The highest BCUT2D eigenvalue weighted by Gasteiger charge is 2.42. The van der Waals surface area contributed by atoms with Crippen LogP contribution in [0.2, 0.25) is 0 Å². The number of nitrogens with zero attached hydrogens (tertiary/aromatic N) is 2. The van der Waals surface area contributed by atoms with E-state index < -0.39 is 29.6 Å². The summed E-state index contributed by atoms with van der Waals surface area (Å²) in [5, 5.41) is 5.94. The van der Waals surface area contributed by atoms with E-state index >= 15 is 0 Å². The number of aromatic nitrogens is 2. The summed E-state index contributed by atoms with van der Waals surface area (Å²) in [6, 6.07) is 11.1. The van der Waals surface area contributed by atoms with Gasteiger partial charge in [-0.25, -0.2) is 9.07 Å². The predicted molar refractivity (Wildman–Crippen MR) is 87.3 cm³/mol. The molecule has 0 radical (unpaired) electrons. The van der Waals surface area contributed by atoms with Crippen LogP contribution in [0.25, 0.3) is 5.69 Å². The minimum absolute atomic E-state index is 0.0374. The summed E-state index contributed by atoms with van der Waals surface area (Å²) in [5.41, 5.74) is -2.54. The first-order valence-corrected chi connectivity index (χ1v) is 7.88. The molecule has 0 unspecified atom stereocenters. The SMILES string of the molecule is Fc1ccccc1CNc1ccc(-n2nc(C(F)(F)F)cc2C(F)(F)F)cc1. The maximum absolute atomic E-state index is 13.6. The lowest BCUT2D eigenvalue weighted by atomic mass is 10.2. The van der Waals surface area contributed by atoms with Crippen LogP contribution >= 0.6 is 0 Å². The maximum atomic E-state index is 13.6. The van der Waals surface area contributed by atoms with E-state index in [0.717, 1.165) is 0 Å². The van der Waals surface area contributed by atoms with Gasteiger partial charge in [-0.05, 0) is 30.3 Å². The predicted octanol–water partition coefficient (Wildman–Crippen LogP) is 5.66. The molecule has 0 atom stereocenters. The van der Waals surface area contributed by atoms with E-state index in [1.54, 1.807) is 12.1 Å². The van der Waals surface area contributed by atoms with Crippen LogP contribution in [0.5, 0.6) is 0 Å². The molecule has 0 saturated carbocycles. The number of halogens is 7. The van der Waals surface area contributed by atoms with Crippen molar-refractivity contribution in [2.24, 2.45) is 0 Å². The molecule has 1 heterocycles. The number of hydrogen-bond acceptors (Lipinski definition) is 2. The van der Waals surface area contributed by atoms with Crippen LogP contribution in [0, 0.1) is 5.82 Å². The molecule has 28 heavy (non-hydrogen) atoms. The minimum atomic E-state index is -5.02. The first kappa shape index (κ1) is 19.7. The van der Waals surface area contributed by atoms with Gasteiger partial charge in [0.1, 0.15) is 11.5 Å². The topological polar surface area (TPSA) is 29.9 Å². The molecule has 3 aromatic rings. The maximum Gasteiger partial charge on any atom is 0.435 e. The van der Waals surface area contributed by atoms with Crippen molar-refractivity contribution in [2.45, 2.75) is 18.9 Å². The highest BCUT2D eigenvalue weighted by atomic mass is 19.4. The Morgan fingerprint density at radius 3 is 2.07 bits per heavy atom. The molecule has 3 rings (SSSR count). The summed E-state index contributed by atoms with van der Waals surface area (Å²) in [4.78, 5) is 0. The third kappa shape index (κ3) is 4.26. The lowest BCUT2D eigenvalue weighted by Gasteiger charge is -2.12. The minimum Gasteiger partial charge on any atom is -0.381 e. The largest absolute Gasteiger partial charge is 0.435 e. The second-order valence-corrected chi connectivity index (χ2v) is 5.81. The van der Waals surface area contributed by atoms with Crippen molar-refractivity contribution in [3.05, 3.63) is 77.4 Å². The Kier molecular flexibility index (Phi) is 5.05. The fraction of sp³-hybridized carbons (Fsp3) is 0.167. The third-order valence-corrected chi connectivity index (χ3v) is 3.84. The van der Waals surface area contributed by atoms with Crippen LogP contribution in [0.4, 0.5) is 36.4 Å². The van der Waals surface area contributed by atoms with Gasteiger partial charge in [-0.3, -0.25) is 0 Å². The second-order valence-electron chi connectivity index (χ2n) is 5.81. The van der Waals surface area contributed by atoms with Crippen LogP contribution in [0.1, 0.15) is 17.0 Å². The number of benzene rings is 2. The monoisotopic (exact) mass is 403 g/mol. The molecule has 0 aliphatic carbocycles. The average molecular weight is 403 g/mol. The van der Waals surface area contributed by atoms with E-state index in [0.29, 0.717) is 11.3 Å². The molecule has 0 saturated heterocycles. The van der Waals surface area contributed by atoms with Crippen LogP contribution < -0.4 is 5.32 Å². The quantitative estimate of drug-likeness (QED) is 0.570. The summed E-state index contributed by atoms with van der Waals surface area (Å²) >= 11 is 0. The van der Waals surface area contributed by atoms with Gasteiger partial charge in [-0.15, -0.1) is 0 Å². The van der Waals surface area contributed by atoms with E-state index in [2.05, 4.69) is 10.4 Å². The van der Waals surface area contributed by atoms with Gasteiger partial charge < -0.3 is 5.32 Å². The summed E-state index contributed by atoms with van der Waals surface area (Å²) in [6.07, 6.45) is -10.0. The van der Waals surface area contributed by atoms with Crippen LogP contribution in [0.3, 0.4) is 0 Å². The van der Waals surface area contributed by atoms with Gasteiger partial charge in [0.15, 0.2) is 5.69 Å². The number of nitrogens with one attached hydrogen (secondary N) is 1. The molecule has 10 heteroatoms. The fourth-order valence-corrected chi connectivity index (χ4v) is 2.48. The first-order valence-electron chi connectivity index (χ1n) is 7.88. The van der Waals surface area contributed by atoms with Crippen LogP contribution in [-0.4, -0.2) is 9.78 Å². The van der Waals surface area contributed by atoms with Gasteiger partial charge in [0.2, 0.25) is 0 Å². The summed E-state index contributed by atoms with van der Waals surface area (Å²) < 4.78 is 91.3. The molecular formula is C18H12F7N3. The standard InChI is InChI=1S/C18H12F7N3/c19-14-4-2-1-3-11(14)10-26-12-5-7-13(8-6-12)28-16(18(23,24)25)9-15(27-28)17(20,21)22/h1-9,26H,10H2. The molecule has 2 aromatic carbocycles. The molecule has 3 nitrogen and oxygen atoms in total. The van der Waals surface area contributed by atoms with Crippen molar-refractivity contribution in [1.82, 2.24) is 9.78 Å². The van der Waals surface area contributed by atoms with Gasteiger partial charge in [-0.1, -0.05) is 18.2 Å². The molecule has 0 fully saturated rings. The fourth-order valence-electron chi connectivity index (χ4n) is 2.48. The number of rotatable bonds is 4. The highest BCUT2D eigenvalue weighted by Crippen LogP contribution is 2.36. The Balaban J connectivity index is 1.85. The van der Waals surface area contributed by atoms with E-state index in [4.69, 9.17) is 0 Å². The Labute approximate surface area is 154 Å². The Bertz CT molecular complexity index is 957. The molecular weight excluding hydrogens is 391 g/mol. The molecule has 1 aromatic heterocycles. The Morgan fingerprint density at radius 1 is 0.857 bits per heavy atom. The van der Waals surface area contributed by atoms with Crippen molar-refractivity contribution in [1.29, 1.82) is 0 Å². The van der Waals surface area contributed by atoms with Gasteiger partial charge in [-0.2, -0.15) is 31.4 Å². The lowest BCUT2D eigenvalue weighted by molar-refractivity contribution is -0.143. The van der Waals surface area contributed by atoms with Crippen LogP contribution in [-0.2, 0) is 18.9 Å². The number of anilines is 1. The number of hydrogen-bond donors (Lipinski definition) is 1. The zero-order valence-corrected chi connectivity index (χ0v) is 13.9. The third-order valence-electron chi connectivity index (χ3n) is 3.84. The molecule has 0 spiro atoms. The molecule has 0 bridgehead atoms. The van der Waals surface area contributed by atoms with Crippen molar-refractivity contribution in [2.75, 3.05) is 5.32 Å².